The molecular formula is C13H10FIS. The van der Waals surface area contributed by atoms with Crippen LogP contribution in [0.3, 0.4) is 0 Å². The summed E-state index contributed by atoms with van der Waals surface area (Å²) in [5.74, 6) is 0.663. The number of hydrogen-bond acceptors (Lipinski definition) is 1. The van der Waals surface area contributed by atoms with Crippen LogP contribution in [-0.2, 0) is 5.75 Å². The second kappa shape index (κ2) is 5.68. The van der Waals surface area contributed by atoms with Crippen LogP contribution in [0.25, 0.3) is 0 Å². The molecule has 0 amide bonds. The fourth-order valence-corrected chi connectivity index (χ4v) is 2.56. The van der Waals surface area contributed by atoms with Crippen LogP contribution in [0.4, 0.5) is 4.39 Å². The summed E-state index contributed by atoms with van der Waals surface area (Å²) < 4.78 is 14.6. The zero-order valence-corrected chi connectivity index (χ0v) is 11.5. The summed E-state index contributed by atoms with van der Waals surface area (Å²) in [5, 5.41) is 0. The zero-order chi connectivity index (χ0) is 11.4. The maximum absolute atomic E-state index is 13.3. The molecule has 82 valence electrons. The van der Waals surface area contributed by atoms with Crippen molar-refractivity contribution in [3.63, 3.8) is 0 Å². The minimum atomic E-state index is -0.141. The molecule has 3 heteroatoms. The highest BCUT2D eigenvalue weighted by molar-refractivity contribution is 14.1. The van der Waals surface area contributed by atoms with E-state index < -0.39 is 0 Å². The third kappa shape index (κ3) is 3.22. The molecule has 2 aromatic rings. The Morgan fingerprint density at radius 3 is 2.38 bits per heavy atom. The van der Waals surface area contributed by atoms with Gasteiger partial charge >= 0.3 is 0 Å². The van der Waals surface area contributed by atoms with Crippen LogP contribution in [-0.4, -0.2) is 0 Å². The van der Waals surface area contributed by atoms with E-state index in [1.54, 1.807) is 6.07 Å². The molecule has 2 aromatic carbocycles. The maximum Gasteiger partial charge on any atom is 0.136 e. The number of rotatable bonds is 3. The van der Waals surface area contributed by atoms with E-state index in [-0.39, 0.29) is 5.82 Å². The molecule has 0 radical (unpaired) electrons. The van der Waals surface area contributed by atoms with E-state index in [1.807, 2.05) is 12.1 Å². The van der Waals surface area contributed by atoms with Crippen LogP contribution in [0, 0.1) is 9.39 Å². The van der Waals surface area contributed by atoms with Gasteiger partial charge in [0.15, 0.2) is 0 Å². The van der Waals surface area contributed by atoms with Gasteiger partial charge in [-0.3, -0.25) is 0 Å². The molecule has 16 heavy (non-hydrogen) atoms. The molecule has 0 unspecified atom stereocenters. The third-order valence-electron chi connectivity index (χ3n) is 2.14. The van der Waals surface area contributed by atoms with Crippen molar-refractivity contribution in [1.29, 1.82) is 0 Å². The molecule has 0 aliphatic carbocycles. The standard InChI is InChI=1S/C13H10FIS/c14-12-3-1-2-4-13(12)16-9-10-5-7-11(15)8-6-10/h1-8H,9H2. The van der Waals surface area contributed by atoms with E-state index in [0.717, 1.165) is 5.75 Å². The van der Waals surface area contributed by atoms with Crippen molar-refractivity contribution in [1.82, 2.24) is 0 Å². The van der Waals surface area contributed by atoms with Crippen LogP contribution in [0.1, 0.15) is 5.56 Å². The molecule has 0 fully saturated rings. The Morgan fingerprint density at radius 2 is 1.69 bits per heavy atom. The summed E-state index contributed by atoms with van der Waals surface area (Å²) in [6.45, 7) is 0. The van der Waals surface area contributed by atoms with Gasteiger partial charge in [-0.25, -0.2) is 4.39 Å². The van der Waals surface area contributed by atoms with Crippen LogP contribution in [0.2, 0.25) is 0 Å². The van der Waals surface area contributed by atoms with Crippen molar-refractivity contribution in [3.05, 3.63) is 63.5 Å². The minimum absolute atomic E-state index is 0.141. The molecule has 2 rings (SSSR count). The van der Waals surface area contributed by atoms with Crippen LogP contribution < -0.4 is 0 Å². The molecule has 0 bridgehead atoms. The fourth-order valence-electron chi connectivity index (χ4n) is 1.30. The van der Waals surface area contributed by atoms with Crippen molar-refractivity contribution in [3.8, 4) is 0 Å². The third-order valence-corrected chi connectivity index (χ3v) is 3.98. The Hall–Kier alpha value is -0.550. The Kier molecular flexibility index (Phi) is 4.23. The zero-order valence-electron chi connectivity index (χ0n) is 8.49. The lowest BCUT2D eigenvalue weighted by molar-refractivity contribution is 0.602. The normalized spacial score (nSPS) is 10.4. The van der Waals surface area contributed by atoms with Gasteiger partial charge in [0.05, 0.1) is 0 Å². The van der Waals surface area contributed by atoms with E-state index in [9.17, 15) is 4.39 Å². The van der Waals surface area contributed by atoms with Gasteiger partial charge in [-0.15, -0.1) is 11.8 Å². The molecule has 0 N–H and O–H groups in total. The second-order valence-electron chi connectivity index (χ2n) is 3.35. The number of thioether (sulfide) groups is 1. The first-order valence-corrected chi connectivity index (χ1v) is 6.94. The molecule has 0 saturated heterocycles. The monoisotopic (exact) mass is 344 g/mol. The van der Waals surface area contributed by atoms with Gasteiger partial charge in [0, 0.05) is 14.2 Å². The van der Waals surface area contributed by atoms with Crippen molar-refractivity contribution in [2.24, 2.45) is 0 Å². The highest BCUT2D eigenvalue weighted by Gasteiger charge is 2.01. The smallest absolute Gasteiger partial charge is 0.136 e. The summed E-state index contributed by atoms with van der Waals surface area (Å²) in [6, 6.07) is 15.2. The highest BCUT2D eigenvalue weighted by Crippen LogP contribution is 2.25. The first-order chi connectivity index (χ1) is 7.75. The first kappa shape index (κ1) is 11.9. The quantitative estimate of drug-likeness (QED) is 0.573. The largest absolute Gasteiger partial charge is 0.206 e. The van der Waals surface area contributed by atoms with E-state index in [1.165, 1.54) is 27.0 Å². The summed E-state index contributed by atoms with van der Waals surface area (Å²) in [5.41, 5.74) is 1.22. The van der Waals surface area contributed by atoms with Crippen molar-refractivity contribution in [2.75, 3.05) is 0 Å². The number of benzene rings is 2. The van der Waals surface area contributed by atoms with E-state index in [0.29, 0.717) is 4.90 Å². The molecular weight excluding hydrogens is 334 g/mol. The Balaban J connectivity index is 2.02. The van der Waals surface area contributed by atoms with Crippen molar-refractivity contribution in [2.45, 2.75) is 10.6 Å². The van der Waals surface area contributed by atoms with E-state index in [4.69, 9.17) is 0 Å². The maximum atomic E-state index is 13.3. The fraction of sp³-hybridized carbons (Fsp3) is 0.0769. The van der Waals surface area contributed by atoms with Crippen LogP contribution in [0.5, 0.6) is 0 Å². The van der Waals surface area contributed by atoms with Crippen molar-refractivity contribution < 1.29 is 4.39 Å². The lowest BCUT2D eigenvalue weighted by atomic mass is 10.2. The summed E-state index contributed by atoms with van der Waals surface area (Å²) in [4.78, 5) is 0.709. The molecule has 0 heterocycles. The van der Waals surface area contributed by atoms with Crippen LogP contribution in [0.15, 0.2) is 53.4 Å². The number of halogens is 2. The lowest BCUT2D eigenvalue weighted by Crippen LogP contribution is -1.83. The van der Waals surface area contributed by atoms with Gasteiger partial charge in [0.1, 0.15) is 5.82 Å². The van der Waals surface area contributed by atoms with Gasteiger partial charge < -0.3 is 0 Å². The lowest BCUT2D eigenvalue weighted by Gasteiger charge is -2.03. The topological polar surface area (TPSA) is 0 Å². The Bertz CT molecular complexity index is 468. The Morgan fingerprint density at radius 1 is 1.00 bits per heavy atom. The van der Waals surface area contributed by atoms with Gasteiger partial charge in [0.25, 0.3) is 0 Å². The molecule has 0 aliphatic rings. The van der Waals surface area contributed by atoms with Crippen molar-refractivity contribution >= 4 is 34.4 Å². The minimum Gasteiger partial charge on any atom is -0.206 e. The van der Waals surface area contributed by atoms with Gasteiger partial charge in [0.2, 0.25) is 0 Å². The summed E-state index contributed by atoms with van der Waals surface area (Å²) in [7, 11) is 0. The first-order valence-electron chi connectivity index (χ1n) is 4.87. The molecule has 0 saturated carbocycles. The molecule has 0 nitrogen and oxygen atoms in total. The molecule has 0 aromatic heterocycles. The predicted molar refractivity (Wildman–Crippen MR) is 75.1 cm³/mol. The number of hydrogen-bond donors (Lipinski definition) is 0. The highest BCUT2D eigenvalue weighted by atomic mass is 127. The van der Waals surface area contributed by atoms with Gasteiger partial charge in [-0.2, -0.15) is 0 Å². The Labute approximate surface area is 112 Å². The predicted octanol–water partition coefficient (Wildman–Crippen LogP) is 4.72. The van der Waals surface area contributed by atoms with Gasteiger partial charge in [-0.05, 0) is 52.4 Å². The molecule has 0 aliphatic heterocycles. The molecule has 0 atom stereocenters. The van der Waals surface area contributed by atoms with Crippen LogP contribution >= 0.6 is 34.4 Å². The summed E-state index contributed by atoms with van der Waals surface area (Å²) in [6.07, 6.45) is 0. The average Bonchev–Trinajstić information content (AvgIpc) is 2.30. The van der Waals surface area contributed by atoms with Gasteiger partial charge in [-0.1, -0.05) is 24.3 Å². The molecule has 0 spiro atoms. The summed E-state index contributed by atoms with van der Waals surface area (Å²) >= 11 is 3.80. The second-order valence-corrected chi connectivity index (χ2v) is 5.61. The van der Waals surface area contributed by atoms with E-state index in [2.05, 4.69) is 46.9 Å². The van der Waals surface area contributed by atoms with E-state index >= 15 is 0 Å². The average molecular weight is 344 g/mol. The SMILES string of the molecule is Fc1ccccc1SCc1ccc(I)cc1.